The lowest BCUT2D eigenvalue weighted by atomic mass is 10.1. The molecule has 0 spiro atoms. The van der Waals surface area contributed by atoms with E-state index in [1.807, 2.05) is 18.2 Å². The second kappa shape index (κ2) is 5.18. The van der Waals surface area contributed by atoms with E-state index in [1.165, 1.54) is 5.57 Å². The van der Waals surface area contributed by atoms with Crippen molar-refractivity contribution in [2.75, 3.05) is 0 Å². The van der Waals surface area contributed by atoms with E-state index in [0.29, 0.717) is 0 Å². The van der Waals surface area contributed by atoms with Gasteiger partial charge in [-0.2, -0.15) is 0 Å². The molecule has 0 aliphatic carbocycles. The maximum absolute atomic E-state index is 4.35. The first kappa shape index (κ1) is 10.5. The summed E-state index contributed by atoms with van der Waals surface area (Å²) < 4.78 is 0. The minimum Gasteiger partial charge on any atom is -0.256 e. The summed E-state index contributed by atoms with van der Waals surface area (Å²) in [6.07, 6.45) is 3.40. The van der Waals surface area contributed by atoms with Gasteiger partial charge in [0.15, 0.2) is 0 Å². The largest absolute Gasteiger partial charge is 0.256 e. The summed E-state index contributed by atoms with van der Waals surface area (Å²) in [5.74, 6) is 0. The molecular weight excluding hydrogens is 170 g/mol. The second-order valence-corrected chi connectivity index (χ2v) is 3.23. The first-order chi connectivity index (χ1) is 6.75. The molecule has 0 heterocycles. The molecular formula is C13H15N. The van der Waals surface area contributed by atoms with E-state index in [-0.39, 0.29) is 0 Å². The first-order valence-corrected chi connectivity index (χ1v) is 4.63. The van der Waals surface area contributed by atoms with Crippen molar-refractivity contribution in [2.24, 2.45) is 4.99 Å². The van der Waals surface area contributed by atoms with Crippen LogP contribution < -0.4 is 0 Å². The molecule has 1 rings (SSSR count). The van der Waals surface area contributed by atoms with Crippen LogP contribution in [0.3, 0.4) is 0 Å². The Morgan fingerprint density at radius 3 is 2.36 bits per heavy atom. The molecule has 0 amide bonds. The maximum atomic E-state index is 4.35. The Hall–Kier alpha value is -1.63. The van der Waals surface area contributed by atoms with Crippen LogP contribution in [0, 0.1) is 0 Å². The minimum atomic E-state index is 1.02. The highest BCUT2D eigenvalue weighted by Crippen LogP contribution is 2.18. The molecule has 0 aromatic heterocycles. The van der Waals surface area contributed by atoms with Gasteiger partial charge in [0.25, 0.3) is 0 Å². The van der Waals surface area contributed by atoms with Gasteiger partial charge in [-0.3, -0.25) is 4.99 Å². The molecule has 0 saturated carbocycles. The Balaban J connectivity index is 3.09. The van der Waals surface area contributed by atoms with Crippen molar-refractivity contribution < 1.29 is 0 Å². The smallest absolute Gasteiger partial charge is 0.0688 e. The number of rotatable bonds is 3. The minimum absolute atomic E-state index is 1.02. The molecule has 0 aliphatic heterocycles. The fourth-order valence-electron chi connectivity index (χ4n) is 1.22. The van der Waals surface area contributed by atoms with Gasteiger partial charge in [0, 0.05) is 11.8 Å². The molecule has 0 fully saturated rings. The summed E-state index contributed by atoms with van der Waals surface area (Å²) in [4.78, 5) is 4.35. The van der Waals surface area contributed by atoms with Gasteiger partial charge in [0.2, 0.25) is 0 Å². The Labute approximate surface area is 85.5 Å². The van der Waals surface area contributed by atoms with Crippen LogP contribution >= 0.6 is 0 Å². The predicted molar refractivity (Wildman–Crippen MR) is 63.4 cm³/mol. The molecule has 1 aromatic rings. The number of nitrogens with zero attached hydrogens (tertiary/aromatic N) is 1. The number of hydrogen-bond acceptors (Lipinski definition) is 1. The first-order valence-electron chi connectivity index (χ1n) is 4.63. The Kier molecular flexibility index (Phi) is 3.86. The standard InChI is InChI=1S/C13H15N/c1-4-10-14-13(11(2)3)12-8-6-5-7-9-12/h4-10H,1H2,2-3H3. The fraction of sp³-hybridized carbons (Fsp3) is 0.154. The van der Waals surface area contributed by atoms with Gasteiger partial charge in [-0.15, -0.1) is 0 Å². The monoisotopic (exact) mass is 185 g/mol. The topological polar surface area (TPSA) is 12.4 Å². The van der Waals surface area contributed by atoms with Crippen LogP contribution in [0.5, 0.6) is 0 Å². The molecule has 1 aromatic carbocycles. The number of aliphatic imine (C=N–C) groups is 1. The van der Waals surface area contributed by atoms with E-state index in [2.05, 4.69) is 37.6 Å². The van der Waals surface area contributed by atoms with Crippen LogP contribution in [0.15, 0.2) is 53.6 Å². The maximum Gasteiger partial charge on any atom is 0.0688 e. The van der Waals surface area contributed by atoms with Crippen LogP contribution in [-0.2, 0) is 0 Å². The van der Waals surface area contributed by atoms with Gasteiger partial charge in [-0.05, 0) is 13.8 Å². The molecule has 0 bridgehead atoms. The second-order valence-electron chi connectivity index (χ2n) is 3.23. The lowest BCUT2D eigenvalue weighted by molar-refractivity contribution is 1.34. The normalized spacial score (nSPS) is 10.1. The van der Waals surface area contributed by atoms with Gasteiger partial charge >= 0.3 is 0 Å². The molecule has 0 saturated heterocycles. The van der Waals surface area contributed by atoms with Crippen LogP contribution in [0.25, 0.3) is 5.70 Å². The molecule has 0 atom stereocenters. The average molecular weight is 185 g/mol. The summed E-state index contributed by atoms with van der Waals surface area (Å²) in [6, 6.07) is 10.2. The quantitative estimate of drug-likeness (QED) is 0.637. The lowest BCUT2D eigenvalue weighted by Gasteiger charge is -2.03. The number of allylic oxidation sites excluding steroid dienone is 2. The van der Waals surface area contributed by atoms with E-state index < -0.39 is 0 Å². The molecule has 14 heavy (non-hydrogen) atoms. The summed E-state index contributed by atoms with van der Waals surface area (Å²) >= 11 is 0. The van der Waals surface area contributed by atoms with Crippen molar-refractivity contribution in [3.8, 4) is 0 Å². The molecule has 0 unspecified atom stereocenters. The van der Waals surface area contributed by atoms with Gasteiger partial charge in [0.05, 0.1) is 5.70 Å². The van der Waals surface area contributed by atoms with Crippen molar-refractivity contribution in [1.82, 2.24) is 0 Å². The van der Waals surface area contributed by atoms with Crippen LogP contribution in [0.4, 0.5) is 0 Å². The van der Waals surface area contributed by atoms with E-state index in [4.69, 9.17) is 0 Å². The Morgan fingerprint density at radius 2 is 1.86 bits per heavy atom. The zero-order chi connectivity index (χ0) is 10.4. The summed E-state index contributed by atoms with van der Waals surface area (Å²) in [6.45, 7) is 7.73. The van der Waals surface area contributed by atoms with Crippen LogP contribution in [0.2, 0.25) is 0 Å². The average Bonchev–Trinajstić information content (AvgIpc) is 2.19. The van der Waals surface area contributed by atoms with Crippen LogP contribution in [-0.4, -0.2) is 6.21 Å². The van der Waals surface area contributed by atoms with Crippen molar-refractivity contribution >= 4 is 11.9 Å². The van der Waals surface area contributed by atoms with Crippen molar-refractivity contribution in [1.29, 1.82) is 0 Å². The third-order valence-electron chi connectivity index (χ3n) is 1.83. The summed E-state index contributed by atoms with van der Waals surface area (Å²) in [5.41, 5.74) is 3.37. The Morgan fingerprint density at radius 1 is 1.21 bits per heavy atom. The summed E-state index contributed by atoms with van der Waals surface area (Å²) in [7, 11) is 0. The van der Waals surface area contributed by atoms with Gasteiger partial charge < -0.3 is 0 Å². The van der Waals surface area contributed by atoms with Gasteiger partial charge in [0.1, 0.15) is 0 Å². The zero-order valence-electron chi connectivity index (χ0n) is 8.70. The van der Waals surface area contributed by atoms with Crippen molar-refractivity contribution in [3.63, 3.8) is 0 Å². The molecule has 72 valence electrons. The SMILES string of the molecule is C=CC=NC(=C(C)C)c1ccccc1. The van der Waals surface area contributed by atoms with Crippen LogP contribution in [0.1, 0.15) is 19.4 Å². The highest BCUT2D eigenvalue weighted by Gasteiger charge is 1.99. The Bertz CT molecular complexity index is 354. The van der Waals surface area contributed by atoms with Gasteiger partial charge in [-0.25, -0.2) is 0 Å². The predicted octanol–water partition coefficient (Wildman–Crippen LogP) is 3.69. The lowest BCUT2D eigenvalue weighted by Crippen LogP contribution is -1.83. The van der Waals surface area contributed by atoms with E-state index in [0.717, 1.165) is 11.3 Å². The van der Waals surface area contributed by atoms with E-state index >= 15 is 0 Å². The zero-order valence-corrected chi connectivity index (χ0v) is 8.70. The highest BCUT2D eigenvalue weighted by atomic mass is 14.7. The van der Waals surface area contributed by atoms with Crippen molar-refractivity contribution in [3.05, 3.63) is 54.1 Å². The molecule has 0 radical (unpaired) electrons. The fourth-order valence-corrected chi connectivity index (χ4v) is 1.22. The molecule has 1 heteroatoms. The molecule has 0 N–H and O–H groups in total. The highest BCUT2D eigenvalue weighted by molar-refractivity contribution is 5.80. The summed E-state index contributed by atoms with van der Waals surface area (Å²) in [5, 5.41) is 0. The van der Waals surface area contributed by atoms with E-state index in [9.17, 15) is 0 Å². The van der Waals surface area contributed by atoms with E-state index in [1.54, 1.807) is 12.3 Å². The number of hydrogen-bond donors (Lipinski definition) is 0. The number of benzene rings is 1. The van der Waals surface area contributed by atoms with Crippen molar-refractivity contribution in [2.45, 2.75) is 13.8 Å². The molecule has 1 nitrogen and oxygen atoms in total. The third kappa shape index (κ3) is 2.70. The van der Waals surface area contributed by atoms with Gasteiger partial charge in [-0.1, -0.05) is 48.6 Å². The molecule has 0 aliphatic rings. The third-order valence-corrected chi connectivity index (χ3v) is 1.83.